The van der Waals surface area contributed by atoms with E-state index >= 15 is 0 Å². The minimum absolute atomic E-state index is 0.00606. The SMILES string of the molecule is CNC(=O)c1cc(C(=O)O)c(-c2ccc(C)cc2CNc2ccc(C(=N)N)cc2)o1. The Labute approximate surface area is 173 Å². The highest BCUT2D eigenvalue weighted by atomic mass is 16.4. The molecule has 2 aromatic carbocycles. The number of nitrogens with one attached hydrogen (secondary N) is 3. The number of rotatable bonds is 7. The Morgan fingerprint density at radius 1 is 1.13 bits per heavy atom. The van der Waals surface area contributed by atoms with Crippen molar-refractivity contribution in [2.45, 2.75) is 13.5 Å². The number of carbonyl (C=O) groups is 2. The third-order valence-electron chi connectivity index (χ3n) is 4.60. The van der Waals surface area contributed by atoms with Crippen LogP contribution in [0.25, 0.3) is 11.3 Å². The van der Waals surface area contributed by atoms with Gasteiger partial charge in [-0.1, -0.05) is 23.8 Å². The van der Waals surface area contributed by atoms with Crippen LogP contribution in [0.15, 0.2) is 52.9 Å². The van der Waals surface area contributed by atoms with Crippen LogP contribution in [0.4, 0.5) is 5.69 Å². The lowest BCUT2D eigenvalue weighted by atomic mass is 10.00. The second-order valence-corrected chi connectivity index (χ2v) is 6.74. The van der Waals surface area contributed by atoms with E-state index in [-0.39, 0.29) is 22.9 Å². The van der Waals surface area contributed by atoms with Crippen LogP contribution in [-0.2, 0) is 6.54 Å². The quantitative estimate of drug-likeness (QED) is 0.301. The number of nitrogens with two attached hydrogens (primary N) is 1. The predicted molar refractivity (Wildman–Crippen MR) is 114 cm³/mol. The average molecular weight is 406 g/mol. The topological polar surface area (TPSA) is 141 Å². The summed E-state index contributed by atoms with van der Waals surface area (Å²) in [6.07, 6.45) is 0. The third kappa shape index (κ3) is 4.33. The first-order chi connectivity index (χ1) is 14.3. The number of anilines is 1. The number of aryl methyl sites for hydroxylation is 1. The summed E-state index contributed by atoms with van der Waals surface area (Å²) < 4.78 is 5.63. The molecule has 8 nitrogen and oxygen atoms in total. The van der Waals surface area contributed by atoms with Crippen molar-refractivity contribution in [2.75, 3.05) is 12.4 Å². The molecule has 0 saturated heterocycles. The highest BCUT2D eigenvalue weighted by molar-refractivity contribution is 6.00. The summed E-state index contributed by atoms with van der Waals surface area (Å²) in [6.45, 7) is 2.33. The molecular weight excluding hydrogens is 384 g/mol. The van der Waals surface area contributed by atoms with Gasteiger partial charge in [0.2, 0.25) is 0 Å². The second kappa shape index (κ2) is 8.52. The Kier molecular flexibility index (Phi) is 5.87. The Hall–Kier alpha value is -4.07. The Morgan fingerprint density at radius 2 is 1.83 bits per heavy atom. The third-order valence-corrected chi connectivity index (χ3v) is 4.60. The molecule has 1 amide bonds. The largest absolute Gasteiger partial charge is 0.478 e. The lowest BCUT2D eigenvalue weighted by Gasteiger charge is -2.12. The zero-order valence-corrected chi connectivity index (χ0v) is 16.6. The van der Waals surface area contributed by atoms with Crippen LogP contribution in [-0.4, -0.2) is 29.9 Å². The maximum absolute atomic E-state index is 11.9. The van der Waals surface area contributed by atoms with Crippen LogP contribution < -0.4 is 16.4 Å². The number of aromatic carboxylic acids is 1. The second-order valence-electron chi connectivity index (χ2n) is 6.74. The molecule has 1 heterocycles. The molecule has 0 aliphatic carbocycles. The van der Waals surface area contributed by atoms with E-state index in [4.69, 9.17) is 15.6 Å². The molecule has 0 spiro atoms. The van der Waals surface area contributed by atoms with Crippen LogP contribution in [0.5, 0.6) is 0 Å². The van der Waals surface area contributed by atoms with Gasteiger partial charge in [-0.3, -0.25) is 10.2 Å². The molecule has 0 aliphatic heterocycles. The molecule has 0 radical (unpaired) electrons. The number of hydrogen-bond acceptors (Lipinski definition) is 5. The fourth-order valence-corrected chi connectivity index (χ4v) is 3.04. The molecule has 3 rings (SSSR count). The number of carboxylic acids is 1. The number of nitrogen functional groups attached to an aromatic ring is 1. The molecular formula is C22H22N4O4. The summed E-state index contributed by atoms with van der Waals surface area (Å²) in [5.74, 6) is -1.62. The maximum Gasteiger partial charge on any atom is 0.339 e. The van der Waals surface area contributed by atoms with Crippen molar-refractivity contribution in [3.63, 3.8) is 0 Å². The highest BCUT2D eigenvalue weighted by Crippen LogP contribution is 2.31. The number of amides is 1. The van der Waals surface area contributed by atoms with E-state index in [1.165, 1.54) is 13.1 Å². The Balaban J connectivity index is 1.96. The highest BCUT2D eigenvalue weighted by Gasteiger charge is 2.23. The molecule has 0 atom stereocenters. The Bertz CT molecular complexity index is 1120. The van der Waals surface area contributed by atoms with Crippen molar-refractivity contribution in [3.05, 3.63) is 76.5 Å². The van der Waals surface area contributed by atoms with Gasteiger partial charge in [0.1, 0.15) is 17.2 Å². The van der Waals surface area contributed by atoms with Gasteiger partial charge < -0.3 is 25.9 Å². The van der Waals surface area contributed by atoms with Crippen LogP contribution in [0, 0.1) is 12.3 Å². The molecule has 0 saturated carbocycles. The minimum Gasteiger partial charge on any atom is -0.478 e. The van der Waals surface area contributed by atoms with Gasteiger partial charge in [-0.15, -0.1) is 0 Å². The van der Waals surface area contributed by atoms with Crippen LogP contribution >= 0.6 is 0 Å². The zero-order chi connectivity index (χ0) is 21.8. The van der Waals surface area contributed by atoms with Crippen molar-refractivity contribution in [1.82, 2.24) is 5.32 Å². The van der Waals surface area contributed by atoms with Crippen molar-refractivity contribution in [2.24, 2.45) is 5.73 Å². The summed E-state index contributed by atoms with van der Waals surface area (Å²) in [7, 11) is 1.45. The molecule has 0 unspecified atom stereocenters. The van der Waals surface area contributed by atoms with Crippen LogP contribution in [0.2, 0.25) is 0 Å². The fraction of sp³-hybridized carbons (Fsp3) is 0.136. The maximum atomic E-state index is 11.9. The van der Waals surface area contributed by atoms with Gasteiger partial charge >= 0.3 is 5.97 Å². The average Bonchev–Trinajstić information content (AvgIpc) is 3.17. The van der Waals surface area contributed by atoms with E-state index in [1.807, 2.05) is 31.2 Å². The number of carboxylic acid groups (broad SMARTS) is 1. The Morgan fingerprint density at radius 3 is 2.43 bits per heavy atom. The van der Waals surface area contributed by atoms with E-state index in [2.05, 4.69) is 10.6 Å². The molecule has 30 heavy (non-hydrogen) atoms. The molecule has 1 aromatic heterocycles. The lowest BCUT2D eigenvalue weighted by Crippen LogP contribution is -2.16. The molecule has 8 heteroatoms. The number of carbonyl (C=O) groups excluding carboxylic acids is 1. The summed E-state index contributed by atoms with van der Waals surface area (Å²) in [5, 5.41) is 22.8. The van der Waals surface area contributed by atoms with Crippen LogP contribution in [0.1, 0.15) is 37.6 Å². The molecule has 0 fully saturated rings. The van der Waals surface area contributed by atoms with Gasteiger partial charge in [-0.05, 0) is 36.8 Å². The number of furan rings is 1. The van der Waals surface area contributed by atoms with E-state index in [1.54, 1.807) is 18.2 Å². The molecule has 3 aromatic rings. The van der Waals surface area contributed by atoms with Gasteiger partial charge in [-0.2, -0.15) is 0 Å². The van der Waals surface area contributed by atoms with Gasteiger partial charge in [0.25, 0.3) is 5.91 Å². The van der Waals surface area contributed by atoms with Crippen molar-refractivity contribution < 1.29 is 19.1 Å². The zero-order valence-electron chi connectivity index (χ0n) is 16.6. The van der Waals surface area contributed by atoms with Crippen molar-refractivity contribution in [1.29, 1.82) is 5.41 Å². The van der Waals surface area contributed by atoms with Crippen molar-refractivity contribution >= 4 is 23.4 Å². The standard InChI is InChI=1S/C22H22N4O4/c1-12-3-8-16(19-17(22(28)29)10-18(30-19)21(27)25-2)14(9-12)11-26-15-6-4-13(5-7-15)20(23)24/h3-10,26H,11H2,1-2H3,(H3,23,24)(H,25,27)(H,28,29). The number of amidine groups is 1. The smallest absolute Gasteiger partial charge is 0.339 e. The fourth-order valence-electron chi connectivity index (χ4n) is 3.04. The van der Waals surface area contributed by atoms with Crippen molar-refractivity contribution in [3.8, 4) is 11.3 Å². The number of benzene rings is 2. The first-order valence-electron chi connectivity index (χ1n) is 9.17. The van der Waals surface area contributed by atoms with Gasteiger partial charge in [0, 0.05) is 36.5 Å². The summed E-state index contributed by atoms with van der Waals surface area (Å²) >= 11 is 0. The first kappa shape index (κ1) is 20.7. The van der Waals surface area contributed by atoms with Crippen LogP contribution in [0.3, 0.4) is 0 Å². The summed E-state index contributed by atoms with van der Waals surface area (Å²) in [4.78, 5) is 23.7. The predicted octanol–water partition coefficient (Wildman–Crippen LogP) is 3.21. The van der Waals surface area contributed by atoms with Gasteiger partial charge in [-0.25, -0.2) is 4.79 Å². The van der Waals surface area contributed by atoms with E-state index in [0.717, 1.165) is 16.8 Å². The molecule has 0 aliphatic rings. The normalized spacial score (nSPS) is 10.5. The van der Waals surface area contributed by atoms with E-state index in [9.17, 15) is 14.7 Å². The first-order valence-corrected chi connectivity index (χ1v) is 9.17. The molecule has 6 N–H and O–H groups in total. The molecule has 154 valence electrons. The lowest BCUT2D eigenvalue weighted by molar-refractivity contribution is 0.0697. The summed E-state index contributed by atoms with van der Waals surface area (Å²) in [6, 6.07) is 13.9. The minimum atomic E-state index is -1.18. The van der Waals surface area contributed by atoms with E-state index < -0.39 is 11.9 Å². The number of hydrogen-bond donors (Lipinski definition) is 5. The summed E-state index contributed by atoms with van der Waals surface area (Å²) in [5.41, 5.74) is 9.23. The monoisotopic (exact) mass is 406 g/mol. The van der Waals surface area contributed by atoms with E-state index in [0.29, 0.717) is 17.7 Å². The van der Waals surface area contributed by atoms with Gasteiger partial charge in [0.05, 0.1) is 0 Å². The molecule has 0 bridgehead atoms. The van der Waals surface area contributed by atoms with Gasteiger partial charge in [0.15, 0.2) is 5.76 Å².